The first-order chi connectivity index (χ1) is 14.5. The Morgan fingerprint density at radius 3 is 1.87 bits per heavy atom. The van der Waals surface area contributed by atoms with Gasteiger partial charge in [0.25, 0.3) is 0 Å². The monoisotopic (exact) mass is 412 g/mol. The van der Waals surface area contributed by atoms with Crippen LogP contribution >= 0.6 is 0 Å². The Bertz CT molecular complexity index is 722. The minimum atomic E-state index is -1.03. The Morgan fingerprint density at radius 2 is 1.43 bits per heavy atom. The number of benzene rings is 1. The summed E-state index contributed by atoms with van der Waals surface area (Å²) in [7, 11) is 0. The molecule has 0 aromatic heterocycles. The SMILES string of the molecule is C#CCCCCOc1cc(C(=O)O)cc(OCCCCC#C)c1CCCCC(C)=O. The van der Waals surface area contributed by atoms with Crippen molar-refractivity contribution in [2.45, 2.75) is 71.1 Å². The lowest BCUT2D eigenvalue weighted by Crippen LogP contribution is -2.08. The van der Waals surface area contributed by atoms with Crippen molar-refractivity contribution in [2.24, 2.45) is 0 Å². The molecule has 0 aliphatic rings. The van der Waals surface area contributed by atoms with Gasteiger partial charge in [0.15, 0.2) is 0 Å². The molecule has 5 nitrogen and oxygen atoms in total. The number of carbonyl (C=O) groups excluding carboxylic acids is 1. The smallest absolute Gasteiger partial charge is 0.335 e. The third kappa shape index (κ3) is 10.0. The number of ether oxygens (including phenoxy) is 2. The Hall–Kier alpha value is -2.92. The van der Waals surface area contributed by atoms with Crippen molar-refractivity contribution >= 4 is 11.8 Å². The van der Waals surface area contributed by atoms with Crippen LogP contribution in [0.5, 0.6) is 11.5 Å². The van der Waals surface area contributed by atoms with Gasteiger partial charge in [-0.3, -0.25) is 0 Å². The number of carboxylic acid groups (broad SMARTS) is 1. The number of hydrogen-bond acceptors (Lipinski definition) is 4. The molecule has 162 valence electrons. The summed E-state index contributed by atoms with van der Waals surface area (Å²) in [5, 5.41) is 9.49. The Kier molecular flexibility index (Phi) is 12.6. The van der Waals surface area contributed by atoms with Gasteiger partial charge < -0.3 is 19.4 Å². The van der Waals surface area contributed by atoms with Crippen LogP contribution in [0.25, 0.3) is 0 Å². The van der Waals surface area contributed by atoms with Crippen molar-refractivity contribution in [2.75, 3.05) is 13.2 Å². The molecular weight excluding hydrogens is 380 g/mol. The summed E-state index contributed by atoms with van der Waals surface area (Å²) in [6, 6.07) is 3.10. The molecule has 1 aromatic carbocycles. The minimum Gasteiger partial charge on any atom is -0.493 e. The fourth-order valence-corrected chi connectivity index (χ4v) is 2.95. The van der Waals surface area contributed by atoms with E-state index in [-0.39, 0.29) is 11.3 Å². The Labute approximate surface area is 180 Å². The summed E-state index contributed by atoms with van der Waals surface area (Å²) in [6.07, 6.45) is 17.9. The molecule has 0 unspecified atom stereocenters. The summed E-state index contributed by atoms with van der Waals surface area (Å²) in [4.78, 5) is 22.8. The third-order valence-corrected chi connectivity index (χ3v) is 4.57. The van der Waals surface area contributed by atoms with E-state index in [1.165, 1.54) is 0 Å². The number of carbonyl (C=O) groups is 2. The predicted octanol–water partition coefficient (Wildman–Crippen LogP) is 5.05. The molecule has 0 radical (unpaired) electrons. The highest BCUT2D eigenvalue weighted by atomic mass is 16.5. The van der Waals surface area contributed by atoms with Crippen molar-refractivity contribution in [3.63, 3.8) is 0 Å². The van der Waals surface area contributed by atoms with Gasteiger partial charge in [0, 0.05) is 24.8 Å². The van der Waals surface area contributed by atoms with Crippen molar-refractivity contribution in [3.8, 4) is 36.2 Å². The van der Waals surface area contributed by atoms with Crippen LogP contribution in [0, 0.1) is 24.7 Å². The number of unbranched alkanes of at least 4 members (excludes halogenated alkanes) is 5. The fourth-order valence-electron chi connectivity index (χ4n) is 2.95. The molecule has 0 fully saturated rings. The van der Waals surface area contributed by atoms with Gasteiger partial charge in [-0.2, -0.15) is 0 Å². The molecule has 0 atom stereocenters. The highest BCUT2D eigenvalue weighted by Crippen LogP contribution is 2.33. The number of aromatic carboxylic acids is 1. The first-order valence-corrected chi connectivity index (χ1v) is 10.5. The maximum absolute atomic E-state index is 11.6. The minimum absolute atomic E-state index is 0.125. The molecule has 1 N–H and O–H groups in total. The fraction of sp³-hybridized carbons (Fsp3) is 0.520. The topological polar surface area (TPSA) is 72.8 Å². The van der Waals surface area contributed by atoms with Crippen LogP contribution in [-0.2, 0) is 11.2 Å². The number of ketones is 1. The van der Waals surface area contributed by atoms with Gasteiger partial charge in [0.05, 0.1) is 18.8 Å². The van der Waals surface area contributed by atoms with Crippen LogP contribution in [0.4, 0.5) is 0 Å². The van der Waals surface area contributed by atoms with E-state index in [1.54, 1.807) is 19.1 Å². The first kappa shape index (κ1) is 25.1. The number of Topliss-reactive ketones (excluding diaryl/α,β-unsaturated/α-hetero) is 1. The van der Waals surface area contributed by atoms with Crippen LogP contribution in [0.1, 0.15) is 80.6 Å². The van der Waals surface area contributed by atoms with E-state index in [9.17, 15) is 14.7 Å². The molecule has 0 spiro atoms. The van der Waals surface area contributed by atoms with Crippen molar-refractivity contribution in [3.05, 3.63) is 23.3 Å². The van der Waals surface area contributed by atoms with E-state index in [1.807, 2.05) is 0 Å². The number of terminal acetylenes is 2. The molecule has 0 aliphatic heterocycles. The molecular formula is C25H32O5. The van der Waals surface area contributed by atoms with Crippen molar-refractivity contribution in [1.29, 1.82) is 0 Å². The molecule has 0 saturated carbocycles. The van der Waals surface area contributed by atoms with E-state index in [0.717, 1.165) is 44.1 Å². The second-order valence-corrected chi connectivity index (χ2v) is 7.18. The van der Waals surface area contributed by atoms with Gasteiger partial charge in [-0.25, -0.2) is 4.79 Å². The lowest BCUT2D eigenvalue weighted by Gasteiger charge is -2.18. The van der Waals surface area contributed by atoms with Crippen LogP contribution < -0.4 is 9.47 Å². The average Bonchev–Trinajstić information content (AvgIpc) is 2.71. The molecule has 1 rings (SSSR count). The van der Waals surface area contributed by atoms with Gasteiger partial charge in [0.2, 0.25) is 0 Å². The molecule has 0 aliphatic carbocycles. The van der Waals surface area contributed by atoms with E-state index < -0.39 is 5.97 Å². The normalized spacial score (nSPS) is 10.1. The standard InChI is InChI=1S/C25H32O5/c1-4-6-8-12-16-29-23-18-21(25(27)28)19-24(30-17-13-9-7-5-2)22(23)15-11-10-14-20(3)26/h1-2,18-19H,6-17H2,3H3,(H,27,28). The van der Waals surface area contributed by atoms with Gasteiger partial charge in [0.1, 0.15) is 17.3 Å². The van der Waals surface area contributed by atoms with Crippen LogP contribution in [0.3, 0.4) is 0 Å². The summed E-state index contributed by atoms with van der Waals surface area (Å²) in [5.41, 5.74) is 0.970. The molecule has 5 heteroatoms. The van der Waals surface area contributed by atoms with Crippen LogP contribution in [-0.4, -0.2) is 30.1 Å². The van der Waals surface area contributed by atoms with Gasteiger partial charge >= 0.3 is 5.97 Å². The summed E-state index contributed by atoms with van der Waals surface area (Å²) in [6.45, 7) is 2.48. The zero-order valence-corrected chi connectivity index (χ0v) is 17.9. The molecule has 0 heterocycles. The average molecular weight is 413 g/mol. The Morgan fingerprint density at radius 1 is 0.900 bits per heavy atom. The maximum atomic E-state index is 11.6. The summed E-state index contributed by atoms with van der Waals surface area (Å²) < 4.78 is 11.9. The second kappa shape index (κ2) is 15.0. The van der Waals surface area contributed by atoms with E-state index in [4.69, 9.17) is 22.3 Å². The zero-order valence-electron chi connectivity index (χ0n) is 17.9. The largest absolute Gasteiger partial charge is 0.493 e. The van der Waals surface area contributed by atoms with Gasteiger partial charge in [-0.05, 0) is 64.0 Å². The van der Waals surface area contributed by atoms with Gasteiger partial charge in [-0.15, -0.1) is 24.7 Å². The molecule has 0 saturated heterocycles. The van der Waals surface area contributed by atoms with E-state index in [0.29, 0.717) is 50.4 Å². The summed E-state index contributed by atoms with van der Waals surface area (Å²) in [5.74, 6) is 5.37. The number of hydrogen-bond donors (Lipinski definition) is 1. The first-order valence-electron chi connectivity index (χ1n) is 10.5. The number of carboxylic acids is 1. The van der Waals surface area contributed by atoms with Gasteiger partial charge in [-0.1, -0.05) is 0 Å². The lowest BCUT2D eigenvalue weighted by molar-refractivity contribution is -0.117. The van der Waals surface area contributed by atoms with Crippen molar-refractivity contribution < 1.29 is 24.2 Å². The molecule has 1 aromatic rings. The zero-order chi connectivity index (χ0) is 22.2. The van der Waals surface area contributed by atoms with E-state index >= 15 is 0 Å². The van der Waals surface area contributed by atoms with Crippen LogP contribution in [0.2, 0.25) is 0 Å². The lowest BCUT2D eigenvalue weighted by atomic mass is 10.0. The van der Waals surface area contributed by atoms with Crippen molar-refractivity contribution in [1.82, 2.24) is 0 Å². The number of rotatable bonds is 16. The highest BCUT2D eigenvalue weighted by molar-refractivity contribution is 5.89. The highest BCUT2D eigenvalue weighted by Gasteiger charge is 2.17. The quantitative estimate of drug-likeness (QED) is 0.304. The summed E-state index contributed by atoms with van der Waals surface area (Å²) >= 11 is 0. The molecule has 0 bridgehead atoms. The Balaban J connectivity index is 2.99. The third-order valence-electron chi connectivity index (χ3n) is 4.57. The van der Waals surface area contributed by atoms with E-state index in [2.05, 4.69) is 11.8 Å². The second-order valence-electron chi connectivity index (χ2n) is 7.18. The molecule has 0 amide bonds. The van der Waals surface area contributed by atoms with Crippen LogP contribution in [0.15, 0.2) is 12.1 Å². The predicted molar refractivity (Wildman–Crippen MR) is 118 cm³/mol. The maximum Gasteiger partial charge on any atom is 0.335 e. The molecule has 30 heavy (non-hydrogen) atoms.